The van der Waals surface area contributed by atoms with Crippen LogP contribution in [0.3, 0.4) is 0 Å². The van der Waals surface area contributed by atoms with Crippen LogP contribution in [0, 0.1) is 5.82 Å². The number of halogens is 2. The summed E-state index contributed by atoms with van der Waals surface area (Å²) in [5.41, 5.74) is 6.99. The van der Waals surface area contributed by atoms with Gasteiger partial charge in [0.15, 0.2) is 5.96 Å². The fourth-order valence-electron chi connectivity index (χ4n) is 2.89. The Hall–Kier alpha value is -2.11. The monoisotopic (exact) mass is 476 g/mol. The molecule has 1 aromatic rings. The first kappa shape index (κ1) is 20.2. The van der Waals surface area contributed by atoms with Crippen molar-refractivity contribution in [2.45, 2.75) is 0 Å². The van der Waals surface area contributed by atoms with Gasteiger partial charge < -0.3 is 20.9 Å². The van der Waals surface area contributed by atoms with E-state index in [1.165, 1.54) is 12.1 Å². The Morgan fingerprint density at radius 3 is 2.38 bits per heavy atom. The molecule has 3 rings (SSSR count). The third-order valence-electron chi connectivity index (χ3n) is 4.33. The van der Waals surface area contributed by atoms with Gasteiger partial charge in [0.05, 0.1) is 19.6 Å². The third-order valence-corrected chi connectivity index (χ3v) is 4.33. The van der Waals surface area contributed by atoms with Crippen LogP contribution < -0.4 is 16.0 Å². The molecule has 0 radical (unpaired) electrons. The highest BCUT2D eigenvalue weighted by Crippen LogP contribution is 2.16. The largest absolute Gasteiger partial charge is 0.370 e. The molecule has 0 aliphatic carbocycles. The Bertz CT molecular complexity index is 660. The summed E-state index contributed by atoms with van der Waals surface area (Å²) in [4.78, 5) is 32.4. The maximum atomic E-state index is 13.0. The summed E-state index contributed by atoms with van der Waals surface area (Å²) in [5.74, 6) is -0.0820. The number of anilines is 1. The lowest BCUT2D eigenvalue weighted by Crippen LogP contribution is -2.51. The lowest BCUT2D eigenvalue weighted by Gasteiger charge is -2.36. The van der Waals surface area contributed by atoms with Gasteiger partial charge in [-0.05, 0) is 24.3 Å². The van der Waals surface area contributed by atoms with Gasteiger partial charge in [0.2, 0.25) is 5.91 Å². The Kier molecular flexibility index (Phi) is 7.00. The summed E-state index contributed by atoms with van der Waals surface area (Å²) < 4.78 is 13.0. The molecule has 8 nitrogen and oxygen atoms in total. The molecule has 3 amide bonds. The zero-order valence-corrected chi connectivity index (χ0v) is 16.6. The first-order chi connectivity index (χ1) is 12.0. The quantitative estimate of drug-likeness (QED) is 0.285. The van der Waals surface area contributed by atoms with Gasteiger partial charge in [-0.2, -0.15) is 0 Å². The SMILES string of the molecule is I.NC(=NCCN1C(=O)CNC1=O)N1CCN(c2ccc(F)cc2)CC1. The van der Waals surface area contributed by atoms with E-state index >= 15 is 0 Å². The van der Waals surface area contributed by atoms with Crippen molar-refractivity contribution in [3.63, 3.8) is 0 Å². The smallest absolute Gasteiger partial charge is 0.324 e. The number of urea groups is 1. The third kappa shape index (κ3) is 4.74. The first-order valence-electron chi connectivity index (χ1n) is 8.18. The summed E-state index contributed by atoms with van der Waals surface area (Å²) in [6.07, 6.45) is 0. The number of guanidine groups is 1. The Labute approximate surface area is 168 Å². The first-order valence-corrected chi connectivity index (χ1v) is 8.18. The summed E-state index contributed by atoms with van der Waals surface area (Å²) >= 11 is 0. The van der Waals surface area contributed by atoms with E-state index < -0.39 is 0 Å². The standard InChI is InChI=1S/C16H21FN6O2.HI/c17-12-1-3-13(4-2-12)21-7-9-22(10-8-21)15(18)19-5-6-23-14(24)11-20-16(23)25;/h1-4H,5-11H2,(H2,18,19)(H,20,25);1H. The summed E-state index contributed by atoms with van der Waals surface area (Å²) in [7, 11) is 0. The fraction of sp³-hybridized carbons (Fsp3) is 0.438. The second-order valence-corrected chi connectivity index (χ2v) is 5.89. The molecule has 2 heterocycles. The summed E-state index contributed by atoms with van der Waals surface area (Å²) in [6.45, 7) is 3.48. The van der Waals surface area contributed by atoms with Crippen molar-refractivity contribution >= 4 is 47.6 Å². The van der Waals surface area contributed by atoms with Gasteiger partial charge in [-0.1, -0.05) is 0 Å². The van der Waals surface area contributed by atoms with Gasteiger partial charge >= 0.3 is 6.03 Å². The van der Waals surface area contributed by atoms with E-state index in [4.69, 9.17) is 5.73 Å². The van der Waals surface area contributed by atoms with Crippen LogP contribution in [-0.2, 0) is 4.79 Å². The van der Waals surface area contributed by atoms with E-state index in [-0.39, 0.29) is 61.4 Å². The second kappa shape index (κ2) is 9.01. The molecule has 2 aliphatic heterocycles. The van der Waals surface area contributed by atoms with E-state index in [9.17, 15) is 14.0 Å². The minimum Gasteiger partial charge on any atom is -0.370 e. The number of piperazine rings is 1. The Balaban J connectivity index is 0.00000243. The number of carbonyl (C=O) groups is 2. The number of aliphatic imine (C=N–C) groups is 1. The Morgan fingerprint density at radius 2 is 1.81 bits per heavy atom. The van der Waals surface area contributed by atoms with Crippen molar-refractivity contribution in [1.82, 2.24) is 15.1 Å². The van der Waals surface area contributed by atoms with Crippen LogP contribution in [0.1, 0.15) is 0 Å². The molecule has 2 saturated heterocycles. The highest BCUT2D eigenvalue weighted by Gasteiger charge is 2.27. The van der Waals surface area contributed by atoms with E-state index in [1.54, 1.807) is 12.1 Å². The van der Waals surface area contributed by atoms with Crippen LogP contribution in [0.25, 0.3) is 0 Å². The maximum Gasteiger partial charge on any atom is 0.324 e. The van der Waals surface area contributed by atoms with Crippen molar-refractivity contribution < 1.29 is 14.0 Å². The molecule has 0 unspecified atom stereocenters. The number of nitrogens with two attached hydrogens (primary N) is 1. The van der Waals surface area contributed by atoms with Crippen LogP contribution >= 0.6 is 24.0 Å². The minimum atomic E-state index is -0.383. The topological polar surface area (TPSA) is 94.3 Å². The van der Waals surface area contributed by atoms with Crippen LogP contribution in [0.15, 0.2) is 29.3 Å². The van der Waals surface area contributed by atoms with E-state index in [2.05, 4.69) is 15.2 Å². The van der Waals surface area contributed by atoms with Gasteiger partial charge in [-0.15, -0.1) is 24.0 Å². The molecular weight excluding hydrogens is 454 g/mol. The number of benzene rings is 1. The molecule has 0 saturated carbocycles. The normalized spacial score (nSPS) is 18.0. The van der Waals surface area contributed by atoms with Crippen molar-refractivity contribution in [3.8, 4) is 0 Å². The molecule has 2 fully saturated rings. The van der Waals surface area contributed by atoms with Crippen LogP contribution in [0.4, 0.5) is 14.9 Å². The molecule has 2 aliphatic rings. The number of amides is 3. The Morgan fingerprint density at radius 1 is 1.15 bits per heavy atom. The number of carbonyl (C=O) groups excluding carboxylic acids is 2. The molecule has 1 aromatic carbocycles. The zero-order valence-electron chi connectivity index (χ0n) is 14.2. The van der Waals surface area contributed by atoms with Gasteiger partial charge in [-0.3, -0.25) is 14.7 Å². The van der Waals surface area contributed by atoms with Gasteiger partial charge in [0.25, 0.3) is 0 Å². The summed E-state index contributed by atoms with van der Waals surface area (Å²) in [5, 5.41) is 2.46. The van der Waals surface area contributed by atoms with E-state index in [0.717, 1.165) is 23.7 Å². The van der Waals surface area contributed by atoms with E-state index in [0.29, 0.717) is 19.0 Å². The number of nitrogens with one attached hydrogen (secondary N) is 1. The van der Waals surface area contributed by atoms with Crippen molar-refractivity contribution in [1.29, 1.82) is 0 Å². The minimum absolute atomic E-state index is 0. The second-order valence-electron chi connectivity index (χ2n) is 5.89. The lowest BCUT2D eigenvalue weighted by molar-refractivity contribution is -0.124. The van der Waals surface area contributed by atoms with Crippen molar-refractivity contribution in [2.24, 2.45) is 10.7 Å². The predicted octanol–water partition coefficient (Wildman–Crippen LogP) is 0.432. The number of hydrogen-bond acceptors (Lipinski definition) is 4. The van der Waals surface area contributed by atoms with Gasteiger partial charge in [0, 0.05) is 31.9 Å². The lowest BCUT2D eigenvalue weighted by atomic mass is 10.2. The van der Waals surface area contributed by atoms with Crippen molar-refractivity contribution in [2.75, 3.05) is 50.7 Å². The molecule has 0 aromatic heterocycles. The zero-order chi connectivity index (χ0) is 17.8. The average Bonchev–Trinajstić information content (AvgIpc) is 2.94. The molecule has 0 bridgehead atoms. The molecule has 0 spiro atoms. The highest BCUT2D eigenvalue weighted by molar-refractivity contribution is 14.0. The van der Waals surface area contributed by atoms with Gasteiger partial charge in [0.1, 0.15) is 5.82 Å². The van der Waals surface area contributed by atoms with Gasteiger partial charge in [-0.25, -0.2) is 9.18 Å². The molecule has 0 atom stereocenters. The fourth-order valence-corrected chi connectivity index (χ4v) is 2.89. The average molecular weight is 476 g/mol. The maximum absolute atomic E-state index is 13.0. The molecular formula is C16H22FIN6O2. The number of hydrogen-bond donors (Lipinski definition) is 2. The molecule has 10 heteroatoms. The molecule has 26 heavy (non-hydrogen) atoms. The van der Waals surface area contributed by atoms with Crippen LogP contribution in [-0.4, -0.2) is 73.5 Å². The highest BCUT2D eigenvalue weighted by atomic mass is 127. The number of imide groups is 1. The van der Waals surface area contributed by atoms with Crippen LogP contribution in [0.2, 0.25) is 0 Å². The van der Waals surface area contributed by atoms with E-state index in [1.807, 2.05) is 4.90 Å². The predicted molar refractivity (Wildman–Crippen MR) is 107 cm³/mol. The number of nitrogens with zero attached hydrogens (tertiary/aromatic N) is 4. The number of rotatable bonds is 4. The van der Waals surface area contributed by atoms with Crippen LogP contribution in [0.5, 0.6) is 0 Å². The van der Waals surface area contributed by atoms with Crippen molar-refractivity contribution in [3.05, 3.63) is 30.1 Å². The molecule has 3 N–H and O–H groups in total. The molecule has 142 valence electrons. The summed E-state index contributed by atoms with van der Waals surface area (Å²) in [6, 6.07) is 6.05.